The number of aromatic nitrogens is 3. The molecule has 1 saturated heterocycles. The number of nitrogens with zero attached hydrogens (tertiary/aromatic N) is 5. The van der Waals surface area contributed by atoms with Gasteiger partial charge in [0, 0.05) is 11.1 Å². The standard InChI is InChI=1S/C23H25N7O7S3/c1-10-13(40-29-27-10)6-5-11-7-38-19-15(26-17(31)14(28-35)12-8-39-22(24)25-12)18(32)30(19)16(11)20(33)36-9-37-21(34)23(2,3)4/h5-6,8,15,19,35H,7,9H2,1-4H3,(H2,24,25)(H,26,31)/b6-5-,28-14-/t15?,19-/m0/s1. The summed E-state index contributed by atoms with van der Waals surface area (Å²) in [4.78, 5) is 57.2. The van der Waals surface area contributed by atoms with Crippen LogP contribution in [0.15, 0.2) is 27.9 Å². The molecule has 212 valence electrons. The Balaban J connectivity index is 1.54. The maximum absolute atomic E-state index is 13.2. The number of hydrogen-bond donors (Lipinski definition) is 3. The van der Waals surface area contributed by atoms with E-state index < -0.39 is 53.1 Å². The number of β-lactam (4-membered cyclic amide) rings is 1. The van der Waals surface area contributed by atoms with Crippen LogP contribution in [0.3, 0.4) is 0 Å². The van der Waals surface area contributed by atoms with Crippen molar-refractivity contribution >= 4 is 75.3 Å². The zero-order chi connectivity index (χ0) is 29.2. The Hall–Kier alpha value is -3.83. The van der Waals surface area contributed by atoms with Gasteiger partial charge < -0.3 is 25.7 Å². The van der Waals surface area contributed by atoms with Crippen molar-refractivity contribution in [1.29, 1.82) is 0 Å². The average Bonchev–Trinajstić information content (AvgIpc) is 3.52. The van der Waals surface area contributed by atoms with Gasteiger partial charge in [-0.1, -0.05) is 15.7 Å². The van der Waals surface area contributed by atoms with E-state index in [-0.39, 0.29) is 16.5 Å². The molecule has 2 atom stereocenters. The normalized spacial score (nSPS) is 19.4. The van der Waals surface area contributed by atoms with E-state index in [1.165, 1.54) is 33.6 Å². The first-order valence-corrected chi connectivity index (χ1v) is 14.4. The molecule has 14 nitrogen and oxygen atoms in total. The number of nitrogen functional groups attached to an aromatic ring is 1. The number of thioether (sulfide) groups is 1. The van der Waals surface area contributed by atoms with Crippen molar-refractivity contribution in [3.8, 4) is 0 Å². The number of aryl methyl sites for hydroxylation is 1. The van der Waals surface area contributed by atoms with Crippen molar-refractivity contribution in [2.45, 2.75) is 39.1 Å². The van der Waals surface area contributed by atoms with Gasteiger partial charge in [-0.05, 0) is 50.9 Å². The number of fused-ring (bicyclic) bond motifs is 1. The van der Waals surface area contributed by atoms with Gasteiger partial charge in [0.1, 0.15) is 22.8 Å². The van der Waals surface area contributed by atoms with E-state index in [0.717, 1.165) is 16.2 Å². The molecule has 1 fully saturated rings. The molecule has 2 aliphatic heterocycles. The third-order valence-corrected chi connectivity index (χ3v) is 8.44. The molecule has 2 aliphatic rings. The highest BCUT2D eigenvalue weighted by Gasteiger charge is 2.54. The maximum atomic E-state index is 13.2. The number of carbonyl (C=O) groups is 4. The van der Waals surface area contributed by atoms with E-state index in [9.17, 15) is 24.4 Å². The third-order valence-electron chi connectivity index (χ3n) is 5.67. The van der Waals surface area contributed by atoms with Gasteiger partial charge in [-0.3, -0.25) is 19.3 Å². The number of carbonyl (C=O) groups excluding carboxylic acids is 4. The first-order chi connectivity index (χ1) is 18.9. The summed E-state index contributed by atoms with van der Waals surface area (Å²) < 4.78 is 14.1. The summed E-state index contributed by atoms with van der Waals surface area (Å²) in [6.07, 6.45) is 3.40. The fourth-order valence-corrected chi connectivity index (χ4v) is 5.99. The van der Waals surface area contributed by atoms with Gasteiger partial charge in [-0.25, -0.2) is 9.78 Å². The average molecular weight is 608 g/mol. The van der Waals surface area contributed by atoms with Crippen molar-refractivity contribution in [1.82, 2.24) is 24.8 Å². The van der Waals surface area contributed by atoms with E-state index in [4.69, 9.17) is 15.2 Å². The number of hydrogen-bond acceptors (Lipinski definition) is 15. The molecule has 0 bridgehead atoms. The highest BCUT2D eigenvalue weighted by atomic mass is 32.2. The molecule has 0 saturated carbocycles. The summed E-state index contributed by atoms with van der Waals surface area (Å²) in [7, 11) is 0. The molecule has 2 aromatic rings. The van der Waals surface area contributed by atoms with Gasteiger partial charge in [0.25, 0.3) is 11.8 Å². The predicted molar refractivity (Wildman–Crippen MR) is 147 cm³/mol. The van der Waals surface area contributed by atoms with E-state index in [0.29, 0.717) is 17.0 Å². The highest BCUT2D eigenvalue weighted by Crippen LogP contribution is 2.41. The minimum atomic E-state index is -1.02. The Labute approximate surface area is 240 Å². The van der Waals surface area contributed by atoms with Gasteiger partial charge >= 0.3 is 11.9 Å². The van der Waals surface area contributed by atoms with E-state index in [2.05, 4.69) is 25.0 Å². The fourth-order valence-electron chi connectivity index (χ4n) is 3.57. The molecule has 0 spiro atoms. The van der Waals surface area contributed by atoms with Crippen LogP contribution in [0.5, 0.6) is 0 Å². The molecule has 0 radical (unpaired) electrons. The van der Waals surface area contributed by atoms with Crippen LogP contribution in [0.2, 0.25) is 0 Å². The number of thiazole rings is 1. The molecule has 40 heavy (non-hydrogen) atoms. The molecule has 1 unspecified atom stereocenters. The lowest BCUT2D eigenvalue weighted by molar-refractivity contribution is -0.173. The van der Waals surface area contributed by atoms with E-state index in [1.54, 1.807) is 39.8 Å². The minimum absolute atomic E-state index is 0.0410. The summed E-state index contributed by atoms with van der Waals surface area (Å²) in [5.41, 5.74) is 5.58. The van der Waals surface area contributed by atoms with Crippen molar-refractivity contribution in [2.24, 2.45) is 10.6 Å². The Morgan fingerprint density at radius 2 is 2.05 bits per heavy atom. The lowest BCUT2D eigenvalue weighted by Crippen LogP contribution is -2.71. The summed E-state index contributed by atoms with van der Waals surface area (Å²) >= 11 is 3.54. The second-order valence-electron chi connectivity index (χ2n) is 9.54. The van der Waals surface area contributed by atoms with Gasteiger partial charge in [0.05, 0.1) is 16.0 Å². The molecule has 4 rings (SSSR count). The zero-order valence-electron chi connectivity index (χ0n) is 21.7. The van der Waals surface area contributed by atoms with Crippen LogP contribution in [0.1, 0.15) is 37.0 Å². The van der Waals surface area contributed by atoms with Crippen LogP contribution in [0.4, 0.5) is 5.13 Å². The molecular weight excluding hydrogens is 582 g/mol. The monoisotopic (exact) mass is 607 g/mol. The van der Waals surface area contributed by atoms with Crippen LogP contribution < -0.4 is 11.1 Å². The number of ether oxygens (including phenoxy) is 2. The van der Waals surface area contributed by atoms with Gasteiger partial charge in [-0.15, -0.1) is 28.2 Å². The minimum Gasteiger partial charge on any atom is -0.427 e. The molecule has 2 aromatic heterocycles. The molecular formula is C23H25N7O7S3. The number of nitrogens with two attached hydrogens (primary N) is 1. The number of anilines is 1. The maximum Gasteiger partial charge on any atom is 0.358 e. The molecule has 0 aliphatic carbocycles. The fraction of sp³-hybridized carbons (Fsp3) is 0.391. The van der Waals surface area contributed by atoms with Crippen LogP contribution in [0, 0.1) is 12.3 Å². The first-order valence-electron chi connectivity index (χ1n) is 11.7. The Bertz CT molecular complexity index is 1440. The topological polar surface area (TPSA) is 199 Å². The molecule has 0 aromatic carbocycles. The molecule has 4 heterocycles. The number of nitrogens with one attached hydrogen (secondary N) is 1. The number of amides is 2. The Kier molecular flexibility index (Phi) is 8.55. The van der Waals surface area contributed by atoms with Crippen LogP contribution in [0.25, 0.3) is 6.08 Å². The third kappa shape index (κ3) is 6.00. The van der Waals surface area contributed by atoms with Crippen molar-refractivity contribution in [2.75, 3.05) is 18.3 Å². The second-order valence-corrected chi connectivity index (χ2v) is 12.3. The SMILES string of the molecule is Cc1nnsc1/C=C\C1=C(C(=O)OCOC(=O)C(C)(C)C)N2C(=O)C(NC(=O)/C(=N\O)c3csc(N)n3)[C@@H]2SC1. The smallest absolute Gasteiger partial charge is 0.358 e. The first kappa shape index (κ1) is 29.2. The highest BCUT2D eigenvalue weighted by molar-refractivity contribution is 8.00. The number of rotatable bonds is 8. The number of allylic oxidation sites excluding steroid dienone is 1. The van der Waals surface area contributed by atoms with Crippen LogP contribution >= 0.6 is 34.6 Å². The Morgan fingerprint density at radius 1 is 1.30 bits per heavy atom. The van der Waals surface area contributed by atoms with Gasteiger partial charge in [-0.2, -0.15) is 0 Å². The van der Waals surface area contributed by atoms with Gasteiger partial charge in [0.2, 0.25) is 6.79 Å². The van der Waals surface area contributed by atoms with Crippen molar-refractivity contribution in [3.05, 3.63) is 39.0 Å². The molecule has 17 heteroatoms. The summed E-state index contributed by atoms with van der Waals surface area (Å²) in [5, 5.41) is 19.8. The second kappa shape index (κ2) is 11.7. The summed E-state index contributed by atoms with van der Waals surface area (Å²) in [6, 6.07) is -1.02. The summed E-state index contributed by atoms with van der Waals surface area (Å²) in [5.74, 6) is -2.57. The zero-order valence-corrected chi connectivity index (χ0v) is 24.2. The largest absolute Gasteiger partial charge is 0.427 e. The van der Waals surface area contributed by atoms with Crippen molar-refractivity contribution in [3.63, 3.8) is 0 Å². The Morgan fingerprint density at radius 3 is 2.65 bits per heavy atom. The lowest BCUT2D eigenvalue weighted by Gasteiger charge is -2.49. The predicted octanol–water partition coefficient (Wildman–Crippen LogP) is 1.52. The van der Waals surface area contributed by atoms with E-state index >= 15 is 0 Å². The lowest BCUT2D eigenvalue weighted by atomic mass is 9.98. The van der Waals surface area contributed by atoms with Crippen LogP contribution in [-0.2, 0) is 28.7 Å². The van der Waals surface area contributed by atoms with Gasteiger partial charge in [0.15, 0.2) is 10.8 Å². The quantitative estimate of drug-likeness (QED) is 0.0977. The van der Waals surface area contributed by atoms with E-state index in [1.807, 2.05) is 0 Å². The molecule has 2 amide bonds. The number of esters is 2. The molecule has 4 N–H and O–H groups in total. The van der Waals surface area contributed by atoms with Crippen molar-refractivity contribution < 1.29 is 33.9 Å². The van der Waals surface area contributed by atoms with Crippen LogP contribution in [-0.4, -0.2) is 78.1 Å². The number of oxime groups is 1. The summed E-state index contributed by atoms with van der Waals surface area (Å²) in [6.45, 7) is 6.13.